The topological polar surface area (TPSA) is 133 Å². The van der Waals surface area contributed by atoms with Gasteiger partial charge in [0.2, 0.25) is 0 Å². The smallest absolute Gasteiger partial charge is 0.358 e. The molecule has 2 aromatic heterocycles. The molecule has 0 aliphatic carbocycles. The van der Waals surface area contributed by atoms with Gasteiger partial charge >= 0.3 is 12.0 Å². The van der Waals surface area contributed by atoms with E-state index in [0.29, 0.717) is 23.0 Å². The fraction of sp³-hybridized carbons (Fsp3) is 0.333. The normalized spacial score (nSPS) is 15.1. The number of thiophene rings is 1. The number of hydrogen-bond donors (Lipinski definition) is 1. The predicted molar refractivity (Wildman–Crippen MR) is 112 cm³/mol. The van der Waals surface area contributed by atoms with E-state index in [2.05, 4.69) is 4.98 Å². The van der Waals surface area contributed by atoms with Crippen molar-refractivity contribution in [2.75, 3.05) is 26.2 Å². The minimum absolute atomic E-state index is 0.0557. The summed E-state index contributed by atoms with van der Waals surface area (Å²) in [5.74, 6) is -0.655. The summed E-state index contributed by atoms with van der Waals surface area (Å²) in [6, 6.07) is 5.33. The molecule has 0 bridgehead atoms. The first-order valence-corrected chi connectivity index (χ1v) is 11.8. The van der Waals surface area contributed by atoms with Crippen LogP contribution in [0.1, 0.15) is 28.0 Å². The van der Waals surface area contributed by atoms with Gasteiger partial charge < -0.3 is 9.74 Å². The van der Waals surface area contributed by atoms with Crippen LogP contribution < -0.4 is 4.72 Å². The molecule has 13 heteroatoms. The van der Waals surface area contributed by atoms with E-state index in [-0.39, 0.29) is 35.0 Å². The number of aromatic nitrogens is 1. The highest BCUT2D eigenvalue weighted by Crippen LogP contribution is 2.25. The maximum atomic E-state index is 12.5. The number of aryl methyl sites for hydroxylation is 1. The number of halogens is 1. The van der Waals surface area contributed by atoms with E-state index in [1.165, 1.54) is 34.4 Å². The van der Waals surface area contributed by atoms with Crippen molar-refractivity contribution in [3.05, 3.63) is 45.6 Å². The molecule has 2 amide bonds. The average molecular weight is 484 g/mol. The molecular weight excluding hydrogens is 466 g/mol. The minimum Gasteiger partial charge on any atom is -0.364 e. The second-order valence-electron chi connectivity index (χ2n) is 6.59. The van der Waals surface area contributed by atoms with E-state index < -0.39 is 22.0 Å². The number of urea groups is 1. The van der Waals surface area contributed by atoms with Gasteiger partial charge in [-0.2, -0.15) is 5.26 Å². The molecule has 1 fully saturated rings. The second kappa shape index (κ2) is 9.61. The van der Waals surface area contributed by atoms with E-state index in [9.17, 15) is 18.0 Å². The van der Waals surface area contributed by atoms with Crippen LogP contribution in [0.5, 0.6) is 0 Å². The first kappa shape index (κ1) is 23.0. The molecule has 0 spiro atoms. The molecule has 10 nitrogen and oxygen atoms in total. The van der Waals surface area contributed by atoms with Crippen molar-refractivity contribution in [3.8, 4) is 6.07 Å². The Balaban J connectivity index is 1.59. The molecular formula is C18H18ClN5O5S2. The van der Waals surface area contributed by atoms with E-state index in [4.69, 9.17) is 21.7 Å². The number of amides is 2. The Bertz CT molecular complexity index is 1140. The number of nitrogens with zero attached hydrogens (tertiary/aromatic N) is 4. The molecule has 2 aromatic rings. The van der Waals surface area contributed by atoms with Crippen LogP contribution in [0.3, 0.4) is 0 Å². The highest BCUT2D eigenvalue weighted by Gasteiger charge is 2.26. The monoisotopic (exact) mass is 483 g/mol. The van der Waals surface area contributed by atoms with Crippen LogP contribution in [0.25, 0.3) is 0 Å². The van der Waals surface area contributed by atoms with Crippen molar-refractivity contribution >= 4 is 45.0 Å². The number of sulfonamides is 1. The summed E-state index contributed by atoms with van der Waals surface area (Å²) in [5.41, 5.74) is 0.849. The number of carbonyl (C=O) groups excluding carboxylic acids is 2. The molecule has 1 aliphatic rings. The highest BCUT2D eigenvalue weighted by atomic mass is 35.5. The van der Waals surface area contributed by atoms with E-state index >= 15 is 0 Å². The summed E-state index contributed by atoms with van der Waals surface area (Å²) in [6.45, 7) is 2.61. The Hall–Kier alpha value is -2.72. The predicted octanol–water partition coefficient (Wildman–Crippen LogP) is 2.15. The summed E-state index contributed by atoms with van der Waals surface area (Å²) >= 11 is 6.62. The van der Waals surface area contributed by atoms with Gasteiger partial charge in [-0.1, -0.05) is 11.6 Å². The van der Waals surface area contributed by atoms with E-state index in [0.717, 1.165) is 11.3 Å². The third-order valence-corrected chi connectivity index (χ3v) is 7.47. The standard InChI is InChI=1S/C18H18ClN5O5S2/c1-12-14(9-13(10-20)11-21-12)17(25)29-24-6-2-5-23(7-8-24)18(26)22-31(27,28)16-4-3-15(19)30-16/h3-4,9,11H,2,5-8H2,1H3,(H,22,26). The average Bonchev–Trinajstić information content (AvgIpc) is 3.04. The molecule has 1 aliphatic heterocycles. The van der Waals surface area contributed by atoms with Crippen LogP contribution in [0.2, 0.25) is 4.34 Å². The van der Waals surface area contributed by atoms with Crippen molar-refractivity contribution in [2.24, 2.45) is 0 Å². The first-order chi connectivity index (χ1) is 14.7. The highest BCUT2D eigenvalue weighted by molar-refractivity contribution is 7.92. The van der Waals surface area contributed by atoms with Crippen LogP contribution in [0.15, 0.2) is 28.6 Å². The Labute approximate surface area is 188 Å². The number of hydroxylamine groups is 2. The van der Waals surface area contributed by atoms with Crippen LogP contribution >= 0.6 is 22.9 Å². The number of rotatable bonds is 4. The second-order valence-corrected chi connectivity index (χ2v) is 10.2. The number of pyridine rings is 1. The fourth-order valence-corrected chi connectivity index (χ4v) is 5.28. The van der Waals surface area contributed by atoms with Crippen LogP contribution in [-0.4, -0.2) is 61.5 Å². The van der Waals surface area contributed by atoms with Gasteiger partial charge in [0.25, 0.3) is 10.0 Å². The third-order valence-electron chi connectivity index (χ3n) is 4.43. The molecule has 1 saturated heterocycles. The zero-order valence-corrected chi connectivity index (χ0v) is 18.8. The SMILES string of the molecule is Cc1ncc(C#N)cc1C(=O)ON1CCCN(C(=O)NS(=O)(=O)c2ccc(Cl)s2)CC1. The number of hydrogen-bond acceptors (Lipinski definition) is 9. The first-order valence-electron chi connectivity index (χ1n) is 9.10. The molecule has 1 N–H and O–H groups in total. The van der Waals surface area contributed by atoms with Gasteiger partial charge in [-0.05, 0) is 31.5 Å². The lowest BCUT2D eigenvalue weighted by Crippen LogP contribution is -2.44. The van der Waals surface area contributed by atoms with Gasteiger partial charge in [0, 0.05) is 25.8 Å². The molecule has 0 radical (unpaired) electrons. The number of nitriles is 1. The minimum atomic E-state index is -4.02. The molecule has 0 atom stereocenters. The van der Waals surface area contributed by atoms with Gasteiger partial charge in [0.1, 0.15) is 10.3 Å². The van der Waals surface area contributed by atoms with Gasteiger partial charge in [0.15, 0.2) is 0 Å². The van der Waals surface area contributed by atoms with E-state index in [1.54, 1.807) is 6.92 Å². The quantitative estimate of drug-likeness (QED) is 0.699. The summed E-state index contributed by atoms with van der Waals surface area (Å²) in [5, 5.41) is 10.4. The largest absolute Gasteiger partial charge is 0.364 e. The summed E-state index contributed by atoms with van der Waals surface area (Å²) in [7, 11) is -4.02. The van der Waals surface area contributed by atoms with Crippen LogP contribution in [0, 0.1) is 18.3 Å². The zero-order valence-electron chi connectivity index (χ0n) is 16.4. The van der Waals surface area contributed by atoms with Crippen LogP contribution in [0.4, 0.5) is 4.79 Å². The Morgan fingerprint density at radius 1 is 1.29 bits per heavy atom. The molecule has 0 aromatic carbocycles. The summed E-state index contributed by atoms with van der Waals surface area (Å²) < 4.78 is 26.9. The Morgan fingerprint density at radius 3 is 2.74 bits per heavy atom. The molecule has 0 unspecified atom stereocenters. The zero-order chi connectivity index (χ0) is 22.6. The van der Waals surface area contributed by atoms with Gasteiger partial charge in [0.05, 0.1) is 27.7 Å². The van der Waals surface area contributed by atoms with Crippen molar-refractivity contribution < 1.29 is 22.8 Å². The summed E-state index contributed by atoms with van der Waals surface area (Å²) in [4.78, 5) is 35.7. The fourth-order valence-electron chi connectivity index (χ4n) is 2.83. The van der Waals surface area contributed by atoms with Crippen molar-refractivity contribution in [1.82, 2.24) is 19.7 Å². The number of carbonyl (C=O) groups is 2. The van der Waals surface area contributed by atoms with Gasteiger partial charge in [-0.25, -0.2) is 22.7 Å². The van der Waals surface area contributed by atoms with Crippen molar-refractivity contribution in [2.45, 2.75) is 17.6 Å². The lowest BCUT2D eigenvalue weighted by Gasteiger charge is -2.21. The maximum absolute atomic E-state index is 12.5. The Kier molecular flexibility index (Phi) is 7.11. The molecule has 3 heterocycles. The van der Waals surface area contributed by atoms with E-state index in [1.807, 2.05) is 10.8 Å². The molecule has 164 valence electrons. The van der Waals surface area contributed by atoms with Gasteiger partial charge in [-0.3, -0.25) is 4.98 Å². The van der Waals surface area contributed by atoms with Crippen molar-refractivity contribution in [1.29, 1.82) is 5.26 Å². The van der Waals surface area contributed by atoms with Gasteiger partial charge in [-0.15, -0.1) is 16.4 Å². The maximum Gasteiger partial charge on any atom is 0.358 e. The lowest BCUT2D eigenvalue weighted by molar-refractivity contribution is -0.106. The lowest BCUT2D eigenvalue weighted by atomic mass is 10.1. The molecule has 31 heavy (non-hydrogen) atoms. The molecule has 0 saturated carbocycles. The number of nitrogens with one attached hydrogen (secondary N) is 1. The van der Waals surface area contributed by atoms with Crippen LogP contribution in [-0.2, 0) is 14.9 Å². The third kappa shape index (κ3) is 5.71. The molecule has 3 rings (SSSR count). The Morgan fingerprint density at radius 2 is 2.06 bits per heavy atom. The summed E-state index contributed by atoms with van der Waals surface area (Å²) in [6.07, 6.45) is 1.83. The van der Waals surface area contributed by atoms with Crippen molar-refractivity contribution in [3.63, 3.8) is 0 Å².